The molecule has 3 amide bonds. The molecule has 1 saturated heterocycles. The lowest BCUT2D eigenvalue weighted by Gasteiger charge is -2.32. The van der Waals surface area contributed by atoms with Crippen LogP contribution in [0.5, 0.6) is 0 Å². The molecule has 0 unspecified atom stereocenters. The Morgan fingerprint density at radius 2 is 1.24 bits per heavy atom. The van der Waals surface area contributed by atoms with Crippen molar-refractivity contribution in [2.24, 2.45) is 5.73 Å². The first-order chi connectivity index (χ1) is 19.9. The highest BCUT2D eigenvalue weighted by molar-refractivity contribution is 6.62. The van der Waals surface area contributed by atoms with Crippen LogP contribution in [0.2, 0.25) is 0 Å². The van der Waals surface area contributed by atoms with E-state index in [2.05, 4.69) is 10.6 Å². The molecule has 10 heteroatoms. The number of nitrogens with one attached hydrogen (secondary N) is 2. The van der Waals surface area contributed by atoms with E-state index in [9.17, 15) is 14.4 Å². The van der Waals surface area contributed by atoms with Crippen molar-refractivity contribution in [3.63, 3.8) is 0 Å². The number of carbonyl (C=O) groups excluding carboxylic acids is 3. The number of ether oxygens (including phenoxy) is 1. The van der Waals surface area contributed by atoms with Crippen molar-refractivity contribution >= 4 is 30.5 Å². The first-order valence-electron chi connectivity index (χ1n) is 14.0. The molecule has 0 radical (unpaired) electrons. The quantitative estimate of drug-likeness (QED) is 0.304. The molecule has 0 saturated carbocycles. The van der Waals surface area contributed by atoms with E-state index < -0.39 is 48.3 Å². The summed E-state index contributed by atoms with van der Waals surface area (Å²) >= 11 is 0. The van der Waals surface area contributed by atoms with Gasteiger partial charge in [-0.2, -0.15) is 0 Å². The lowest BCUT2D eigenvalue weighted by molar-refractivity contribution is -0.128. The molecule has 3 aromatic rings. The van der Waals surface area contributed by atoms with Gasteiger partial charge in [0.05, 0.1) is 11.2 Å². The van der Waals surface area contributed by atoms with Gasteiger partial charge in [-0.1, -0.05) is 84.9 Å². The number of nitrogens with two attached hydrogens (primary N) is 1. The maximum absolute atomic E-state index is 13.4. The summed E-state index contributed by atoms with van der Waals surface area (Å²) in [4.78, 5) is 38.4. The van der Waals surface area contributed by atoms with Gasteiger partial charge in [0.1, 0.15) is 18.7 Å². The molecule has 0 spiro atoms. The number of alkyl carbamates (subject to hydrolysis) is 1. The summed E-state index contributed by atoms with van der Waals surface area (Å²) < 4.78 is 17.6. The summed E-state index contributed by atoms with van der Waals surface area (Å²) in [5.74, 6) is -1.24. The van der Waals surface area contributed by atoms with Crippen molar-refractivity contribution in [1.82, 2.24) is 10.6 Å². The number of hydrogen-bond acceptors (Lipinski definition) is 6. The fraction of sp³-hybridized carbons (Fsp3) is 0.344. The minimum Gasteiger partial charge on any atom is -0.445 e. The number of amides is 3. The molecule has 1 aliphatic rings. The number of hydrogen-bond donors (Lipinski definition) is 3. The topological polar surface area (TPSA) is 129 Å². The first kappa shape index (κ1) is 30.8. The zero-order valence-electron chi connectivity index (χ0n) is 24.5. The van der Waals surface area contributed by atoms with Crippen LogP contribution in [0.4, 0.5) is 4.79 Å². The van der Waals surface area contributed by atoms with Gasteiger partial charge in [0.25, 0.3) is 0 Å². The second-order valence-corrected chi connectivity index (χ2v) is 11.4. The van der Waals surface area contributed by atoms with Crippen molar-refractivity contribution in [2.45, 2.75) is 70.4 Å². The summed E-state index contributed by atoms with van der Waals surface area (Å²) in [6, 6.07) is 23.9. The van der Waals surface area contributed by atoms with Crippen LogP contribution < -0.4 is 21.8 Å². The van der Waals surface area contributed by atoms with E-state index in [1.54, 1.807) is 0 Å². The molecule has 4 rings (SSSR count). The normalized spacial score (nSPS) is 16.7. The van der Waals surface area contributed by atoms with Gasteiger partial charge in [0.15, 0.2) is 0 Å². The molecule has 0 aliphatic carbocycles. The fourth-order valence-corrected chi connectivity index (χ4v) is 4.49. The standard InChI is InChI=1S/C32H38BN3O6/c1-31(2)32(3,4)42-33(41-31)25-17-15-23(16-18-25)19-26(28(34)37)35-29(38)27(20-22-11-7-5-8-12-22)36-30(39)40-21-24-13-9-6-10-14-24/h5-18,26-27H,19-21H2,1-4H3,(H2,34,37)(H,35,38)(H,36,39)/t26-,27+/m0/s1. The van der Waals surface area contributed by atoms with Crippen LogP contribution in [0.1, 0.15) is 44.4 Å². The molecular formula is C32H38BN3O6. The molecule has 4 N–H and O–H groups in total. The van der Waals surface area contributed by atoms with E-state index in [1.807, 2.05) is 113 Å². The lowest BCUT2D eigenvalue weighted by atomic mass is 9.78. The van der Waals surface area contributed by atoms with Crippen molar-refractivity contribution in [3.05, 3.63) is 102 Å². The second-order valence-electron chi connectivity index (χ2n) is 11.4. The van der Waals surface area contributed by atoms with E-state index >= 15 is 0 Å². The minimum absolute atomic E-state index is 0.0538. The van der Waals surface area contributed by atoms with Crippen LogP contribution in [-0.4, -0.2) is 48.3 Å². The van der Waals surface area contributed by atoms with Crippen LogP contribution >= 0.6 is 0 Å². The average molecular weight is 571 g/mol. The van der Waals surface area contributed by atoms with Crippen LogP contribution in [0.3, 0.4) is 0 Å². The maximum Gasteiger partial charge on any atom is 0.494 e. The Kier molecular flexibility index (Phi) is 9.70. The highest BCUT2D eigenvalue weighted by atomic mass is 16.7. The summed E-state index contributed by atoms with van der Waals surface area (Å²) in [5, 5.41) is 5.37. The molecule has 0 aromatic heterocycles. The molecule has 1 heterocycles. The Balaban J connectivity index is 1.41. The lowest BCUT2D eigenvalue weighted by Crippen LogP contribution is -2.54. The van der Waals surface area contributed by atoms with Crippen molar-refractivity contribution in [1.29, 1.82) is 0 Å². The van der Waals surface area contributed by atoms with Crippen molar-refractivity contribution in [2.75, 3.05) is 0 Å². The van der Waals surface area contributed by atoms with E-state index in [0.29, 0.717) is 0 Å². The third-order valence-electron chi connectivity index (χ3n) is 7.71. The second kappa shape index (κ2) is 13.2. The monoisotopic (exact) mass is 571 g/mol. The maximum atomic E-state index is 13.4. The van der Waals surface area contributed by atoms with E-state index in [4.69, 9.17) is 19.8 Å². The largest absolute Gasteiger partial charge is 0.494 e. The van der Waals surface area contributed by atoms with Gasteiger partial charge in [-0.3, -0.25) is 9.59 Å². The Hall–Kier alpha value is -4.15. The Labute approximate surface area is 247 Å². The van der Waals surface area contributed by atoms with Gasteiger partial charge >= 0.3 is 13.2 Å². The van der Waals surface area contributed by atoms with Crippen LogP contribution in [0.15, 0.2) is 84.9 Å². The van der Waals surface area contributed by atoms with E-state index in [0.717, 1.165) is 22.2 Å². The molecular weight excluding hydrogens is 533 g/mol. The van der Waals surface area contributed by atoms with Crippen LogP contribution in [0, 0.1) is 0 Å². The molecule has 3 aromatic carbocycles. The predicted octanol–water partition coefficient (Wildman–Crippen LogP) is 3.04. The van der Waals surface area contributed by atoms with E-state index in [-0.39, 0.29) is 19.4 Å². The van der Waals surface area contributed by atoms with Gasteiger partial charge in [-0.25, -0.2) is 4.79 Å². The van der Waals surface area contributed by atoms with Gasteiger partial charge < -0.3 is 30.4 Å². The summed E-state index contributed by atoms with van der Waals surface area (Å²) in [6.07, 6.45) is -0.383. The zero-order chi connectivity index (χ0) is 30.3. The van der Waals surface area contributed by atoms with Crippen molar-refractivity contribution < 1.29 is 28.4 Å². The van der Waals surface area contributed by atoms with Gasteiger partial charge in [-0.15, -0.1) is 0 Å². The molecule has 2 atom stereocenters. The SMILES string of the molecule is CC1(C)OB(c2ccc(C[C@H](NC(=O)[C@@H](Cc3ccccc3)NC(=O)OCc3ccccc3)C(N)=O)cc2)OC1(C)C. The smallest absolute Gasteiger partial charge is 0.445 e. The first-order valence-corrected chi connectivity index (χ1v) is 14.0. The Morgan fingerprint density at radius 3 is 1.79 bits per heavy atom. The van der Waals surface area contributed by atoms with Gasteiger partial charge in [0, 0.05) is 12.8 Å². The Morgan fingerprint density at radius 1 is 0.738 bits per heavy atom. The Bertz CT molecular complexity index is 1350. The fourth-order valence-electron chi connectivity index (χ4n) is 4.49. The highest BCUT2D eigenvalue weighted by Crippen LogP contribution is 2.36. The van der Waals surface area contributed by atoms with Crippen LogP contribution in [-0.2, 0) is 43.1 Å². The minimum atomic E-state index is -0.999. The van der Waals surface area contributed by atoms with Crippen molar-refractivity contribution in [3.8, 4) is 0 Å². The molecule has 9 nitrogen and oxygen atoms in total. The summed E-state index contributed by atoms with van der Waals surface area (Å²) in [6.45, 7) is 8.02. The molecule has 220 valence electrons. The zero-order valence-corrected chi connectivity index (χ0v) is 24.5. The number of carbonyl (C=O) groups is 3. The number of benzene rings is 3. The third kappa shape index (κ3) is 7.99. The molecule has 1 fully saturated rings. The average Bonchev–Trinajstić information content (AvgIpc) is 3.18. The van der Waals surface area contributed by atoms with E-state index in [1.165, 1.54) is 0 Å². The molecule has 1 aliphatic heterocycles. The summed E-state index contributed by atoms with van der Waals surface area (Å²) in [5.41, 5.74) is 8.03. The number of primary amides is 1. The summed E-state index contributed by atoms with van der Waals surface area (Å²) in [7, 11) is -0.512. The van der Waals surface area contributed by atoms with Crippen LogP contribution in [0.25, 0.3) is 0 Å². The molecule has 42 heavy (non-hydrogen) atoms. The highest BCUT2D eigenvalue weighted by Gasteiger charge is 2.51. The predicted molar refractivity (Wildman–Crippen MR) is 161 cm³/mol. The number of rotatable bonds is 11. The molecule has 0 bridgehead atoms. The van der Waals surface area contributed by atoms with Gasteiger partial charge in [-0.05, 0) is 49.8 Å². The van der Waals surface area contributed by atoms with Gasteiger partial charge in [0.2, 0.25) is 11.8 Å². The third-order valence-corrected chi connectivity index (χ3v) is 7.71.